The van der Waals surface area contributed by atoms with Crippen molar-refractivity contribution in [3.63, 3.8) is 0 Å². The zero-order valence-corrected chi connectivity index (χ0v) is 12.4. The van der Waals surface area contributed by atoms with Gasteiger partial charge >= 0.3 is 5.97 Å². The smallest absolute Gasteiger partial charge is 0.333 e. The number of esters is 1. The second-order valence-electron chi connectivity index (χ2n) is 6.29. The molecule has 0 spiro atoms. The zero-order chi connectivity index (χ0) is 15.1. The topological polar surface area (TPSA) is 63.6 Å². The molecule has 0 aliphatic heterocycles. The maximum absolute atomic E-state index is 12.1. The summed E-state index contributed by atoms with van der Waals surface area (Å²) in [5, 5.41) is 11.1. The number of Topliss-reactive ketones (excluding diaryl/α,β-unsaturated/α-hetero) is 1. The fourth-order valence-corrected chi connectivity index (χ4v) is 3.34. The van der Waals surface area contributed by atoms with Crippen LogP contribution in [0, 0.1) is 11.3 Å². The van der Waals surface area contributed by atoms with Crippen LogP contribution in [-0.4, -0.2) is 29.6 Å². The maximum Gasteiger partial charge on any atom is 0.333 e. The summed E-state index contributed by atoms with van der Waals surface area (Å²) in [6.07, 6.45) is 4.07. The van der Waals surface area contributed by atoms with E-state index in [-0.39, 0.29) is 11.7 Å². The minimum Gasteiger partial charge on any atom is -0.466 e. The van der Waals surface area contributed by atoms with Gasteiger partial charge in [-0.1, -0.05) is 12.7 Å². The van der Waals surface area contributed by atoms with Gasteiger partial charge in [0.15, 0.2) is 0 Å². The quantitative estimate of drug-likeness (QED) is 0.477. The first-order chi connectivity index (χ1) is 9.24. The first-order valence-corrected chi connectivity index (χ1v) is 6.96. The van der Waals surface area contributed by atoms with Gasteiger partial charge in [-0.05, 0) is 44.6 Å². The Kier molecular flexibility index (Phi) is 3.63. The highest BCUT2D eigenvalue weighted by molar-refractivity contribution is 5.89. The summed E-state index contributed by atoms with van der Waals surface area (Å²) in [6, 6.07) is 0. The lowest BCUT2D eigenvalue weighted by atomic mass is 9.56. The molecule has 1 N–H and O–H groups in total. The second-order valence-corrected chi connectivity index (χ2v) is 6.29. The highest BCUT2D eigenvalue weighted by atomic mass is 16.5. The minimum atomic E-state index is -1.18. The van der Waals surface area contributed by atoms with Crippen LogP contribution in [0.1, 0.15) is 39.5 Å². The van der Waals surface area contributed by atoms with E-state index in [1.807, 2.05) is 6.08 Å². The van der Waals surface area contributed by atoms with E-state index in [9.17, 15) is 14.7 Å². The van der Waals surface area contributed by atoms with E-state index in [4.69, 9.17) is 4.74 Å². The Hall–Kier alpha value is -1.42. The van der Waals surface area contributed by atoms with Crippen LogP contribution in [0.2, 0.25) is 0 Å². The van der Waals surface area contributed by atoms with Gasteiger partial charge in [-0.2, -0.15) is 0 Å². The number of aliphatic hydroxyl groups is 1. The first-order valence-electron chi connectivity index (χ1n) is 6.96. The lowest BCUT2D eigenvalue weighted by Gasteiger charge is -2.50. The van der Waals surface area contributed by atoms with Crippen LogP contribution in [0.3, 0.4) is 0 Å². The van der Waals surface area contributed by atoms with Crippen molar-refractivity contribution in [3.8, 4) is 0 Å². The van der Waals surface area contributed by atoms with Crippen molar-refractivity contribution in [2.24, 2.45) is 11.3 Å². The number of allylic oxidation sites excluding steroid dienone is 1. The molecule has 1 saturated carbocycles. The fourth-order valence-electron chi connectivity index (χ4n) is 3.34. The standard InChI is InChI=1S/C16H22O4/c1-10(14(18)20-4)11-5-6-12-7-8-13(17)15(2,3)16(12,19)9-11/h6,11,19H,1,5,7-9H2,2-4H3/t11-,16+/m1/s1. The molecule has 2 rings (SSSR count). The molecule has 0 radical (unpaired) electrons. The highest BCUT2D eigenvalue weighted by Crippen LogP contribution is 2.51. The van der Waals surface area contributed by atoms with Gasteiger partial charge in [0.25, 0.3) is 0 Å². The van der Waals surface area contributed by atoms with E-state index < -0.39 is 17.0 Å². The van der Waals surface area contributed by atoms with E-state index in [0.717, 1.165) is 5.57 Å². The Morgan fingerprint density at radius 2 is 2.10 bits per heavy atom. The van der Waals surface area contributed by atoms with Crippen molar-refractivity contribution in [2.75, 3.05) is 7.11 Å². The molecule has 20 heavy (non-hydrogen) atoms. The number of rotatable bonds is 2. The molecule has 0 heterocycles. The molecule has 0 unspecified atom stereocenters. The van der Waals surface area contributed by atoms with E-state index >= 15 is 0 Å². The number of ether oxygens (including phenoxy) is 1. The summed E-state index contributed by atoms with van der Waals surface area (Å²) in [5.74, 6) is -0.557. The van der Waals surface area contributed by atoms with Gasteiger partial charge in [0.05, 0.1) is 18.1 Å². The van der Waals surface area contributed by atoms with E-state index in [1.165, 1.54) is 7.11 Å². The predicted molar refractivity (Wildman–Crippen MR) is 74.9 cm³/mol. The molecule has 0 aromatic carbocycles. The van der Waals surface area contributed by atoms with Crippen LogP contribution in [-0.2, 0) is 14.3 Å². The van der Waals surface area contributed by atoms with E-state index in [1.54, 1.807) is 13.8 Å². The monoisotopic (exact) mass is 278 g/mol. The Labute approximate surface area is 119 Å². The third-order valence-electron chi connectivity index (χ3n) is 5.01. The maximum atomic E-state index is 12.1. The number of hydrogen-bond donors (Lipinski definition) is 1. The molecule has 4 heteroatoms. The zero-order valence-electron chi connectivity index (χ0n) is 12.4. The minimum absolute atomic E-state index is 0.0708. The van der Waals surface area contributed by atoms with Gasteiger partial charge in [-0.3, -0.25) is 4.79 Å². The number of ketones is 1. The molecular weight excluding hydrogens is 256 g/mol. The lowest BCUT2D eigenvalue weighted by Crippen LogP contribution is -2.56. The second kappa shape index (κ2) is 4.85. The average Bonchev–Trinajstić information content (AvgIpc) is 2.42. The summed E-state index contributed by atoms with van der Waals surface area (Å²) in [6.45, 7) is 7.35. The molecule has 2 atom stereocenters. The molecule has 0 saturated heterocycles. The van der Waals surface area contributed by atoms with Crippen molar-refractivity contribution in [3.05, 3.63) is 23.8 Å². The number of carbonyl (C=O) groups excluding carboxylic acids is 2. The average molecular weight is 278 g/mol. The Bertz CT molecular complexity index is 501. The summed E-state index contributed by atoms with van der Waals surface area (Å²) < 4.78 is 4.70. The molecule has 0 aromatic heterocycles. The van der Waals surface area contributed by atoms with Gasteiger partial charge in [0.1, 0.15) is 5.78 Å². The van der Waals surface area contributed by atoms with Crippen LogP contribution in [0.4, 0.5) is 0 Å². The number of carbonyl (C=O) groups is 2. The van der Waals surface area contributed by atoms with Crippen LogP contribution in [0.25, 0.3) is 0 Å². The van der Waals surface area contributed by atoms with Gasteiger partial charge in [0.2, 0.25) is 0 Å². The van der Waals surface area contributed by atoms with Crippen molar-refractivity contribution in [1.82, 2.24) is 0 Å². The van der Waals surface area contributed by atoms with Gasteiger partial charge < -0.3 is 9.84 Å². The molecule has 0 aromatic rings. The van der Waals surface area contributed by atoms with Crippen LogP contribution >= 0.6 is 0 Å². The normalized spacial score (nSPS) is 32.1. The van der Waals surface area contributed by atoms with Crippen molar-refractivity contribution in [1.29, 1.82) is 0 Å². The summed E-state index contributed by atoms with van der Waals surface area (Å²) in [5.41, 5.74) is -0.713. The summed E-state index contributed by atoms with van der Waals surface area (Å²) in [7, 11) is 1.32. The molecule has 1 fully saturated rings. The van der Waals surface area contributed by atoms with Crippen LogP contribution < -0.4 is 0 Å². The van der Waals surface area contributed by atoms with Crippen molar-refractivity contribution in [2.45, 2.75) is 45.1 Å². The highest BCUT2D eigenvalue weighted by Gasteiger charge is 2.55. The molecular formula is C16H22O4. The van der Waals surface area contributed by atoms with Gasteiger partial charge in [0, 0.05) is 12.0 Å². The number of hydrogen-bond acceptors (Lipinski definition) is 4. The number of methoxy groups -OCH3 is 1. The molecule has 110 valence electrons. The molecule has 2 aliphatic carbocycles. The van der Waals surface area contributed by atoms with E-state index in [2.05, 4.69) is 6.58 Å². The van der Waals surface area contributed by atoms with Gasteiger partial charge in [-0.25, -0.2) is 4.79 Å². The Morgan fingerprint density at radius 1 is 1.45 bits per heavy atom. The third kappa shape index (κ3) is 2.03. The first kappa shape index (κ1) is 15.0. The Balaban J connectivity index is 2.33. The largest absolute Gasteiger partial charge is 0.466 e. The van der Waals surface area contributed by atoms with Crippen molar-refractivity contribution >= 4 is 11.8 Å². The predicted octanol–water partition coefficient (Wildman–Crippen LogP) is 2.17. The molecule has 2 aliphatic rings. The summed E-state index contributed by atoms with van der Waals surface area (Å²) >= 11 is 0. The SMILES string of the molecule is C=C(C(=O)OC)[C@@H]1CC=C2CCC(=O)C(C)(C)[C@]2(O)C1. The lowest BCUT2D eigenvalue weighted by molar-refractivity contribution is -0.147. The van der Waals surface area contributed by atoms with Crippen molar-refractivity contribution < 1.29 is 19.4 Å². The molecule has 0 amide bonds. The fraction of sp³-hybridized carbons (Fsp3) is 0.625. The summed E-state index contributed by atoms with van der Waals surface area (Å²) in [4.78, 5) is 23.8. The molecule has 0 bridgehead atoms. The van der Waals surface area contributed by atoms with Crippen LogP contribution in [0.5, 0.6) is 0 Å². The van der Waals surface area contributed by atoms with Gasteiger partial charge in [-0.15, -0.1) is 0 Å². The van der Waals surface area contributed by atoms with Crippen LogP contribution in [0.15, 0.2) is 23.8 Å². The Morgan fingerprint density at radius 3 is 2.70 bits per heavy atom. The van der Waals surface area contributed by atoms with E-state index in [0.29, 0.717) is 31.3 Å². The molecule has 4 nitrogen and oxygen atoms in total. The number of fused-ring (bicyclic) bond motifs is 1. The third-order valence-corrected chi connectivity index (χ3v) is 5.01.